The first-order valence-electron chi connectivity index (χ1n) is 6.77. The van der Waals surface area contributed by atoms with Crippen LogP contribution in [0.1, 0.15) is 33.1 Å². The van der Waals surface area contributed by atoms with Crippen molar-refractivity contribution in [3.8, 4) is 0 Å². The van der Waals surface area contributed by atoms with Crippen LogP contribution in [0.5, 0.6) is 0 Å². The molecule has 0 aliphatic carbocycles. The SMILES string of the molecule is CC1CCN(C(=O)C2CC(F)(F)CN2)CC(C)C1. The summed E-state index contributed by atoms with van der Waals surface area (Å²) in [6, 6.07) is -0.694. The van der Waals surface area contributed by atoms with Crippen molar-refractivity contribution in [1.29, 1.82) is 0 Å². The van der Waals surface area contributed by atoms with Crippen molar-refractivity contribution in [3.05, 3.63) is 0 Å². The van der Waals surface area contributed by atoms with E-state index in [1.54, 1.807) is 4.90 Å². The number of alkyl halides is 2. The molecule has 0 saturated carbocycles. The second kappa shape index (κ2) is 5.11. The average molecular weight is 260 g/mol. The summed E-state index contributed by atoms with van der Waals surface area (Å²) in [5.41, 5.74) is 0. The second-order valence-electron chi connectivity index (χ2n) is 6.01. The number of likely N-dealkylation sites (tertiary alicyclic amines) is 1. The van der Waals surface area contributed by atoms with E-state index < -0.39 is 12.0 Å². The molecule has 104 valence electrons. The number of hydrogen-bond donors (Lipinski definition) is 1. The molecule has 3 atom stereocenters. The van der Waals surface area contributed by atoms with Crippen molar-refractivity contribution in [3.63, 3.8) is 0 Å². The van der Waals surface area contributed by atoms with Crippen molar-refractivity contribution in [2.24, 2.45) is 11.8 Å². The summed E-state index contributed by atoms with van der Waals surface area (Å²) in [6.45, 7) is 5.34. The molecule has 2 rings (SSSR count). The molecule has 0 radical (unpaired) electrons. The maximum atomic E-state index is 13.1. The molecule has 0 aromatic rings. The number of carbonyl (C=O) groups excluding carboxylic acids is 1. The predicted molar refractivity (Wildman–Crippen MR) is 65.5 cm³/mol. The molecule has 0 aromatic heterocycles. The second-order valence-corrected chi connectivity index (χ2v) is 6.01. The van der Waals surface area contributed by atoms with Gasteiger partial charge in [0, 0.05) is 19.5 Å². The van der Waals surface area contributed by atoms with Gasteiger partial charge in [0.25, 0.3) is 5.92 Å². The quantitative estimate of drug-likeness (QED) is 0.780. The Hall–Kier alpha value is -0.710. The highest BCUT2D eigenvalue weighted by Crippen LogP contribution is 2.27. The van der Waals surface area contributed by atoms with Gasteiger partial charge in [-0.2, -0.15) is 0 Å². The topological polar surface area (TPSA) is 32.3 Å². The average Bonchev–Trinajstić information content (AvgIpc) is 2.54. The highest BCUT2D eigenvalue weighted by Gasteiger charge is 2.43. The van der Waals surface area contributed by atoms with E-state index in [0.29, 0.717) is 24.9 Å². The standard InChI is InChI=1S/C13H22F2N2O/c1-9-3-4-17(7-10(2)5-9)12(18)11-6-13(14,15)8-16-11/h9-11,16H,3-8H2,1-2H3. The maximum Gasteiger partial charge on any atom is 0.262 e. The zero-order valence-corrected chi connectivity index (χ0v) is 11.1. The summed E-state index contributed by atoms with van der Waals surface area (Å²) in [7, 11) is 0. The van der Waals surface area contributed by atoms with Crippen LogP contribution >= 0.6 is 0 Å². The minimum absolute atomic E-state index is 0.145. The Morgan fingerprint density at radius 2 is 2.06 bits per heavy atom. The van der Waals surface area contributed by atoms with E-state index in [9.17, 15) is 13.6 Å². The normalized spacial score (nSPS) is 36.4. The van der Waals surface area contributed by atoms with Crippen LogP contribution in [-0.4, -0.2) is 42.4 Å². The highest BCUT2D eigenvalue weighted by atomic mass is 19.3. The highest BCUT2D eigenvalue weighted by molar-refractivity contribution is 5.82. The summed E-state index contributed by atoms with van der Waals surface area (Å²) < 4.78 is 26.2. The largest absolute Gasteiger partial charge is 0.341 e. The summed E-state index contributed by atoms with van der Waals surface area (Å²) >= 11 is 0. The molecule has 0 aromatic carbocycles. The van der Waals surface area contributed by atoms with Crippen LogP contribution in [0, 0.1) is 11.8 Å². The van der Waals surface area contributed by atoms with Crippen molar-refractivity contribution < 1.29 is 13.6 Å². The third kappa shape index (κ3) is 3.19. The van der Waals surface area contributed by atoms with Crippen LogP contribution in [0.25, 0.3) is 0 Å². The predicted octanol–water partition coefficient (Wildman–Crippen LogP) is 1.88. The van der Waals surface area contributed by atoms with E-state index in [1.807, 2.05) is 0 Å². The fraction of sp³-hybridized carbons (Fsp3) is 0.923. The van der Waals surface area contributed by atoms with Gasteiger partial charge in [0.2, 0.25) is 5.91 Å². The number of halogens is 2. The Bertz CT molecular complexity index is 322. The number of carbonyl (C=O) groups is 1. The first-order valence-corrected chi connectivity index (χ1v) is 6.77. The van der Waals surface area contributed by atoms with Crippen molar-refractivity contribution >= 4 is 5.91 Å². The third-order valence-corrected chi connectivity index (χ3v) is 3.95. The number of amides is 1. The maximum absolute atomic E-state index is 13.1. The first kappa shape index (κ1) is 13.7. The molecule has 0 bridgehead atoms. The molecular formula is C13H22F2N2O. The van der Waals surface area contributed by atoms with Crippen molar-refractivity contribution in [2.75, 3.05) is 19.6 Å². The molecule has 5 heteroatoms. The van der Waals surface area contributed by atoms with Crippen LogP contribution in [0.4, 0.5) is 8.78 Å². The number of nitrogens with zero attached hydrogens (tertiary/aromatic N) is 1. The molecule has 3 unspecified atom stereocenters. The molecule has 2 heterocycles. The Morgan fingerprint density at radius 3 is 2.67 bits per heavy atom. The Morgan fingerprint density at radius 1 is 1.33 bits per heavy atom. The summed E-state index contributed by atoms with van der Waals surface area (Å²) in [6.07, 6.45) is 1.73. The van der Waals surface area contributed by atoms with Gasteiger partial charge in [0.05, 0.1) is 12.6 Å². The molecule has 2 saturated heterocycles. The van der Waals surface area contributed by atoms with Gasteiger partial charge in [-0.25, -0.2) is 8.78 Å². The first-order chi connectivity index (χ1) is 8.37. The summed E-state index contributed by atoms with van der Waals surface area (Å²) in [4.78, 5) is 14.0. The molecule has 1 N–H and O–H groups in total. The van der Waals surface area contributed by atoms with E-state index in [1.165, 1.54) is 0 Å². The minimum Gasteiger partial charge on any atom is -0.341 e. The summed E-state index contributed by atoms with van der Waals surface area (Å²) in [5.74, 6) is -1.82. The van der Waals surface area contributed by atoms with Gasteiger partial charge in [-0.1, -0.05) is 13.8 Å². The fourth-order valence-electron chi connectivity index (χ4n) is 3.03. The van der Waals surface area contributed by atoms with Crippen molar-refractivity contribution in [1.82, 2.24) is 10.2 Å². The molecule has 3 nitrogen and oxygen atoms in total. The van der Waals surface area contributed by atoms with E-state index in [2.05, 4.69) is 19.2 Å². The zero-order valence-electron chi connectivity index (χ0n) is 11.1. The lowest BCUT2D eigenvalue weighted by atomic mass is 9.97. The van der Waals surface area contributed by atoms with Gasteiger partial charge >= 0.3 is 0 Å². The van der Waals surface area contributed by atoms with Crippen LogP contribution in [-0.2, 0) is 4.79 Å². The van der Waals surface area contributed by atoms with Gasteiger partial charge in [-0.05, 0) is 24.7 Å². The van der Waals surface area contributed by atoms with Crippen LogP contribution in [0.3, 0.4) is 0 Å². The zero-order chi connectivity index (χ0) is 13.3. The van der Waals surface area contributed by atoms with E-state index in [4.69, 9.17) is 0 Å². The molecule has 2 aliphatic heterocycles. The van der Waals surface area contributed by atoms with Gasteiger partial charge in [-0.15, -0.1) is 0 Å². The Labute approximate surface area is 107 Å². The van der Waals surface area contributed by atoms with E-state index in [0.717, 1.165) is 12.8 Å². The number of hydrogen-bond acceptors (Lipinski definition) is 2. The molecule has 2 aliphatic rings. The van der Waals surface area contributed by atoms with Crippen molar-refractivity contribution in [2.45, 2.75) is 45.1 Å². The van der Waals surface area contributed by atoms with Gasteiger partial charge in [-0.3, -0.25) is 10.1 Å². The lowest BCUT2D eigenvalue weighted by Crippen LogP contribution is -2.45. The van der Waals surface area contributed by atoms with Crippen LogP contribution < -0.4 is 5.32 Å². The van der Waals surface area contributed by atoms with Crippen LogP contribution in [0.15, 0.2) is 0 Å². The minimum atomic E-state index is -2.73. The van der Waals surface area contributed by atoms with Gasteiger partial charge in [0.1, 0.15) is 0 Å². The Kier molecular flexibility index (Phi) is 3.90. The smallest absolute Gasteiger partial charge is 0.262 e. The monoisotopic (exact) mass is 260 g/mol. The van der Waals surface area contributed by atoms with Gasteiger partial charge in [0.15, 0.2) is 0 Å². The molecular weight excluding hydrogens is 238 g/mol. The third-order valence-electron chi connectivity index (χ3n) is 3.95. The molecule has 0 spiro atoms. The van der Waals surface area contributed by atoms with E-state index >= 15 is 0 Å². The van der Waals surface area contributed by atoms with Crippen LogP contribution in [0.2, 0.25) is 0 Å². The number of rotatable bonds is 1. The lowest BCUT2D eigenvalue weighted by Gasteiger charge is -2.25. The van der Waals surface area contributed by atoms with E-state index in [-0.39, 0.29) is 18.9 Å². The Balaban J connectivity index is 1.96. The van der Waals surface area contributed by atoms with Gasteiger partial charge < -0.3 is 4.90 Å². The molecule has 18 heavy (non-hydrogen) atoms. The molecule has 2 fully saturated rings. The molecule has 1 amide bonds. The lowest BCUT2D eigenvalue weighted by molar-refractivity contribution is -0.134. The fourth-order valence-corrected chi connectivity index (χ4v) is 3.03. The number of nitrogens with one attached hydrogen (secondary N) is 1. The summed E-state index contributed by atoms with van der Waals surface area (Å²) in [5, 5.41) is 2.65.